The van der Waals surface area contributed by atoms with Gasteiger partial charge in [-0.25, -0.2) is 0 Å². The van der Waals surface area contributed by atoms with Crippen LogP contribution in [0.25, 0.3) is 5.57 Å². The Morgan fingerprint density at radius 2 is 1.73 bits per heavy atom. The maximum absolute atomic E-state index is 2.66. The highest BCUT2D eigenvalue weighted by molar-refractivity contribution is 5.72. The average molecular weight is 297 g/mol. The molecule has 0 radical (unpaired) electrons. The fourth-order valence-electron chi connectivity index (χ4n) is 3.88. The van der Waals surface area contributed by atoms with E-state index in [9.17, 15) is 0 Å². The van der Waals surface area contributed by atoms with E-state index < -0.39 is 0 Å². The molecular weight excluding hydrogens is 266 g/mol. The molecule has 2 aliphatic rings. The molecule has 1 heterocycles. The number of piperidine rings is 1. The van der Waals surface area contributed by atoms with Gasteiger partial charge in [0.05, 0.1) is 0 Å². The zero-order valence-corrected chi connectivity index (χ0v) is 14.8. The Labute approximate surface area is 136 Å². The topological polar surface area (TPSA) is 3.24 Å². The van der Waals surface area contributed by atoms with Gasteiger partial charge in [-0.1, -0.05) is 51.0 Å². The van der Waals surface area contributed by atoms with Crippen molar-refractivity contribution >= 4 is 5.57 Å². The monoisotopic (exact) mass is 297 g/mol. The van der Waals surface area contributed by atoms with Crippen molar-refractivity contribution in [3.63, 3.8) is 0 Å². The van der Waals surface area contributed by atoms with Crippen LogP contribution in [-0.2, 0) is 11.8 Å². The van der Waals surface area contributed by atoms with E-state index >= 15 is 0 Å². The Morgan fingerprint density at radius 3 is 2.41 bits per heavy atom. The lowest BCUT2D eigenvalue weighted by atomic mass is 9.80. The highest BCUT2D eigenvalue weighted by Crippen LogP contribution is 2.34. The molecule has 0 atom stereocenters. The molecule has 0 N–H and O–H groups in total. The molecule has 0 unspecified atom stereocenters. The summed E-state index contributed by atoms with van der Waals surface area (Å²) in [5.41, 5.74) is 8.02. The fourth-order valence-corrected chi connectivity index (χ4v) is 3.88. The minimum absolute atomic E-state index is 0.251. The number of rotatable bonds is 2. The van der Waals surface area contributed by atoms with Crippen LogP contribution in [0.1, 0.15) is 70.1 Å². The average Bonchev–Trinajstić information content (AvgIpc) is 2.50. The molecule has 0 bridgehead atoms. The Bertz CT molecular complexity index is 568. The van der Waals surface area contributed by atoms with Gasteiger partial charge in [-0.2, -0.15) is 0 Å². The van der Waals surface area contributed by atoms with Gasteiger partial charge in [-0.05, 0) is 73.4 Å². The van der Waals surface area contributed by atoms with Crippen LogP contribution in [0.15, 0.2) is 23.8 Å². The third-order valence-electron chi connectivity index (χ3n) is 5.46. The van der Waals surface area contributed by atoms with Crippen LogP contribution >= 0.6 is 0 Å². The number of fused-ring (bicyclic) bond motifs is 1. The Hall–Kier alpha value is -1.08. The first-order chi connectivity index (χ1) is 10.4. The summed E-state index contributed by atoms with van der Waals surface area (Å²) in [4.78, 5) is 2.66. The first kappa shape index (κ1) is 15.8. The lowest BCUT2D eigenvalue weighted by Gasteiger charge is -2.31. The number of nitrogens with zero attached hydrogens (tertiary/aromatic N) is 1. The van der Waals surface area contributed by atoms with Gasteiger partial charge in [0.1, 0.15) is 0 Å². The van der Waals surface area contributed by atoms with Gasteiger partial charge < -0.3 is 0 Å². The van der Waals surface area contributed by atoms with Crippen LogP contribution in [0.4, 0.5) is 0 Å². The van der Waals surface area contributed by atoms with E-state index in [0.29, 0.717) is 0 Å². The quantitative estimate of drug-likeness (QED) is 0.726. The third kappa shape index (κ3) is 3.30. The van der Waals surface area contributed by atoms with Crippen molar-refractivity contribution in [3.05, 3.63) is 40.5 Å². The Morgan fingerprint density at radius 1 is 1.00 bits per heavy atom. The molecule has 1 aliphatic carbocycles. The van der Waals surface area contributed by atoms with E-state index in [-0.39, 0.29) is 5.41 Å². The highest BCUT2D eigenvalue weighted by Gasteiger charge is 2.21. The van der Waals surface area contributed by atoms with Crippen LogP contribution in [0.5, 0.6) is 0 Å². The second kappa shape index (κ2) is 6.20. The van der Waals surface area contributed by atoms with Crippen molar-refractivity contribution in [1.29, 1.82) is 0 Å². The standard InChI is InChI=1S/C21H31N/c1-16-18(15-22-12-6-5-7-13-22)9-8-17-14-19(21(2,3)4)10-11-20(16)17/h10-11,14H,5-9,12-13,15H2,1-4H3. The molecule has 0 spiro atoms. The van der Waals surface area contributed by atoms with Crippen molar-refractivity contribution in [2.24, 2.45) is 0 Å². The Kier molecular flexibility index (Phi) is 4.45. The molecule has 1 aliphatic heterocycles. The zero-order valence-electron chi connectivity index (χ0n) is 14.8. The minimum Gasteiger partial charge on any atom is -0.299 e. The van der Waals surface area contributed by atoms with Gasteiger partial charge in [0.25, 0.3) is 0 Å². The highest BCUT2D eigenvalue weighted by atomic mass is 15.1. The largest absolute Gasteiger partial charge is 0.299 e. The van der Waals surface area contributed by atoms with E-state index in [0.717, 1.165) is 0 Å². The van der Waals surface area contributed by atoms with E-state index in [4.69, 9.17) is 0 Å². The summed E-state index contributed by atoms with van der Waals surface area (Å²) in [7, 11) is 0. The fraction of sp³-hybridized carbons (Fsp3) is 0.619. The Balaban J connectivity index is 1.83. The molecular formula is C21H31N. The van der Waals surface area contributed by atoms with Crippen molar-refractivity contribution in [2.75, 3.05) is 19.6 Å². The maximum atomic E-state index is 2.66. The third-order valence-corrected chi connectivity index (χ3v) is 5.46. The van der Waals surface area contributed by atoms with Crippen LogP contribution < -0.4 is 0 Å². The number of hydrogen-bond acceptors (Lipinski definition) is 1. The molecule has 1 nitrogen and oxygen atoms in total. The van der Waals surface area contributed by atoms with E-state index in [1.165, 1.54) is 62.9 Å². The smallest absolute Gasteiger partial charge is 0.0198 e. The molecule has 3 rings (SSSR count). The molecule has 120 valence electrons. The van der Waals surface area contributed by atoms with E-state index in [1.807, 2.05) is 0 Å². The molecule has 0 amide bonds. The predicted molar refractivity (Wildman–Crippen MR) is 96.3 cm³/mol. The summed E-state index contributed by atoms with van der Waals surface area (Å²) < 4.78 is 0. The number of hydrogen-bond donors (Lipinski definition) is 0. The molecule has 1 fully saturated rings. The number of likely N-dealkylation sites (tertiary alicyclic amines) is 1. The van der Waals surface area contributed by atoms with Gasteiger partial charge in [0.15, 0.2) is 0 Å². The lowest BCUT2D eigenvalue weighted by Crippen LogP contribution is -2.32. The number of aryl methyl sites for hydroxylation is 1. The summed E-state index contributed by atoms with van der Waals surface area (Å²) in [6.07, 6.45) is 6.67. The van der Waals surface area contributed by atoms with Gasteiger partial charge in [-0.15, -0.1) is 0 Å². The molecule has 1 heteroatoms. The molecule has 0 saturated carbocycles. The van der Waals surface area contributed by atoms with E-state index in [2.05, 4.69) is 50.8 Å². The second-order valence-corrected chi connectivity index (χ2v) is 8.19. The summed E-state index contributed by atoms with van der Waals surface area (Å²) in [5, 5.41) is 0. The van der Waals surface area contributed by atoms with Gasteiger partial charge >= 0.3 is 0 Å². The summed E-state index contributed by atoms with van der Waals surface area (Å²) in [5.74, 6) is 0. The molecule has 1 saturated heterocycles. The molecule has 0 aromatic heterocycles. The number of allylic oxidation sites excluding steroid dienone is 1. The maximum Gasteiger partial charge on any atom is 0.0198 e. The normalized spacial score (nSPS) is 20.2. The summed E-state index contributed by atoms with van der Waals surface area (Å²) >= 11 is 0. The minimum atomic E-state index is 0.251. The van der Waals surface area contributed by atoms with E-state index in [1.54, 1.807) is 16.7 Å². The van der Waals surface area contributed by atoms with Gasteiger partial charge in [0, 0.05) is 6.54 Å². The predicted octanol–water partition coefficient (Wildman–Crippen LogP) is 5.19. The zero-order chi connectivity index (χ0) is 15.7. The van der Waals surface area contributed by atoms with Crippen molar-refractivity contribution < 1.29 is 0 Å². The van der Waals surface area contributed by atoms with Crippen LogP contribution in [0.2, 0.25) is 0 Å². The van der Waals surface area contributed by atoms with Crippen molar-refractivity contribution in [1.82, 2.24) is 4.90 Å². The van der Waals surface area contributed by atoms with Crippen molar-refractivity contribution in [2.45, 2.75) is 65.2 Å². The van der Waals surface area contributed by atoms with Crippen LogP contribution in [0, 0.1) is 0 Å². The van der Waals surface area contributed by atoms with Crippen LogP contribution in [-0.4, -0.2) is 24.5 Å². The lowest BCUT2D eigenvalue weighted by molar-refractivity contribution is 0.245. The van der Waals surface area contributed by atoms with Crippen LogP contribution in [0.3, 0.4) is 0 Å². The first-order valence-corrected chi connectivity index (χ1v) is 9.00. The SMILES string of the molecule is CC1=C(CN2CCCCC2)CCc2cc(C(C)(C)C)ccc21. The summed E-state index contributed by atoms with van der Waals surface area (Å²) in [6.45, 7) is 13.1. The second-order valence-electron chi connectivity index (χ2n) is 8.19. The summed E-state index contributed by atoms with van der Waals surface area (Å²) in [6, 6.07) is 7.17. The molecule has 1 aromatic rings. The van der Waals surface area contributed by atoms with Crippen molar-refractivity contribution in [3.8, 4) is 0 Å². The molecule has 1 aromatic carbocycles. The van der Waals surface area contributed by atoms with Gasteiger partial charge in [-0.3, -0.25) is 4.90 Å². The molecule has 22 heavy (non-hydrogen) atoms. The number of benzene rings is 1. The first-order valence-electron chi connectivity index (χ1n) is 9.00. The van der Waals surface area contributed by atoms with Gasteiger partial charge in [0.2, 0.25) is 0 Å².